The quantitative estimate of drug-likeness (QED) is 0.521. The van der Waals surface area contributed by atoms with Crippen LogP contribution in [0.2, 0.25) is 0 Å². The van der Waals surface area contributed by atoms with Gasteiger partial charge in [0.2, 0.25) is 5.91 Å². The van der Waals surface area contributed by atoms with E-state index in [1.165, 1.54) is 6.92 Å². The molecule has 4 heteroatoms. The van der Waals surface area contributed by atoms with Crippen molar-refractivity contribution in [2.24, 2.45) is 0 Å². The maximum Gasteiger partial charge on any atom is 0.306 e. The first kappa shape index (κ1) is 16.5. The molecule has 1 aliphatic rings. The molecule has 0 aliphatic heterocycles. The van der Waals surface area contributed by atoms with E-state index in [9.17, 15) is 9.59 Å². The molecule has 0 saturated carbocycles. The van der Waals surface area contributed by atoms with Gasteiger partial charge in [0.25, 0.3) is 0 Å². The van der Waals surface area contributed by atoms with Crippen LogP contribution in [-0.4, -0.2) is 25.0 Å². The van der Waals surface area contributed by atoms with Crippen molar-refractivity contribution in [3.05, 3.63) is 23.8 Å². The van der Waals surface area contributed by atoms with Gasteiger partial charge in [0.1, 0.15) is 6.61 Å². The first-order chi connectivity index (χ1) is 9.68. The molecule has 0 aromatic carbocycles. The van der Waals surface area contributed by atoms with Crippen LogP contribution in [-0.2, 0) is 14.3 Å². The van der Waals surface area contributed by atoms with Crippen molar-refractivity contribution in [3.63, 3.8) is 0 Å². The Kier molecular flexibility index (Phi) is 8.43. The maximum atomic E-state index is 11.5. The second-order valence-electron chi connectivity index (χ2n) is 5.07. The number of amides is 1. The molecule has 0 unspecified atom stereocenters. The summed E-state index contributed by atoms with van der Waals surface area (Å²) in [6.45, 7) is 2.64. The van der Waals surface area contributed by atoms with Gasteiger partial charge in [0, 0.05) is 19.9 Å². The Hall–Kier alpha value is -1.58. The minimum absolute atomic E-state index is 0.0136. The van der Waals surface area contributed by atoms with E-state index in [4.69, 9.17) is 4.74 Å². The lowest BCUT2D eigenvalue weighted by atomic mass is 10.1. The highest BCUT2D eigenvalue weighted by Gasteiger charge is 2.04. The number of carbonyl (C=O) groups is 2. The van der Waals surface area contributed by atoms with Crippen molar-refractivity contribution in [2.75, 3.05) is 13.2 Å². The fourth-order valence-electron chi connectivity index (χ4n) is 2.02. The van der Waals surface area contributed by atoms with Crippen LogP contribution in [0.25, 0.3) is 0 Å². The fourth-order valence-corrected chi connectivity index (χ4v) is 2.02. The zero-order chi connectivity index (χ0) is 14.6. The summed E-state index contributed by atoms with van der Waals surface area (Å²) < 4.78 is 5.23. The zero-order valence-corrected chi connectivity index (χ0v) is 12.3. The molecule has 0 bridgehead atoms. The minimum Gasteiger partial charge on any atom is -0.461 e. The van der Waals surface area contributed by atoms with Gasteiger partial charge in [-0.05, 0) is 31.3 Å². The van der Waals surface area contributed by atoms with E-state index in [0.717, 1.165) is 50.6 Å². The van der Waals surface area contributed by atoms with Crippen LogP contribution in [0.3, 0.4) is 0 Å². The molecular formula is C16H25NO3. The van der Waals surface area contributed by atoms with Gasteiger partial charge >= 0.3 is 5.97 Å². The van der Waals surface area contributed by atoms with Gasteiger partial charge in [-0.2, -0.15) is 0 Å². The first-order valence-corrected chi connectivity index (χ1v) is 7.44. The maximum absolute atomic E-state index is 11.5. The van der Waals surface area contributed by atoms with Crippen molar-refractivity contribution in [3.8, 4) is 0 Å². The Bertz CT molecular complexity index is 372. The van der Waals surface area contributed by atoms with E-state index in [-0.39, 0.29) is 11.9 Å². The van der Waals surface area contributed by atoms with Crippen LogP contribution < -0.4 is 5.32 Å². The van der Waals surface area contributed by atoms with E-state index in [0.29, 0.717) is 13.0 Å². The first-order valence-electron chi connectivity index (χ1n) is 7.44. The molecule has 0 heterocycles. The number of ether oxygens (including phenoxy) is 1. The van der Waals surface area contributed by atoms with Crippen molar-refractivity contribution in [2.45, 2.75) is 51.9 Å². The summed E-state index contributed by atoms with van der Waals surface area (Å²) in [5.74, 6) is -0.105. The average Bonchev–Trinajstić information content (AvgIpc) is 2.45. The molecule has 0 atom stereocenters. The Labute approximate surface area is 121 Å². The summed E-state index contributed by atoms with van der Waals surface area (Å²) in [6.07, 6.45) is 12.7. The van der Waals surface area contributed by atoms with Gasteiger partial charge in [0.15, 0.2) is 0 Å². The van der Waals surface area contributed by atoms with Crippen LogP contribution >= 0.6 is 0 Å². The van der Waals surface area contributed by atoms with E-state index in [1.807, 2.05) is 6.08 Å². The Morgan fingerprint density at radius 3 is 2.70 bits per heavy atom. The van der Waals surface area contributed by atoms with Crippen LogP contribution in [0.1, 0.15) is 51.9 Å². The van der Waals surface area contributed by atoms with E-state index >= 15 is 0 Å². The summed E-state index contributed by atoms with van der Waals surface area (Å²) >= 11 is 0. The average molecular weight is 279 g/mol. The molecule has 4 nitrogen and oxygen atoms in total. The molecule has 0 saturated heterocycles. The molecule has 0 radical (unpaired) electrons. The Balaban J connectivity index is 1.93. The molecule has 0 spiro atoms. The Morgan fingerprint density at radius 2 is 2.00 bits per heavy atom. The highest BCUT2D eigenvalue weighted by atomic mass is 16.5. The molecule has 0 aromatic rings. The predicted octanol–water partition coefficient (Wildman–Crippen LogP) is 2.89. The zero-order valence-electron chi connectivity index (χ0n) is 12.3. The molecule has 1 amide bonds. The number of nitrogens with one attached hydrogen (secondary N) is 1. The topological polar surface area (TPSA) is 55.4 Å². The molecule has 0 fully saturated rings. The van der Waals surface area contributed by atoms with E-state index < -0.39 is 0 Å². The SMILES string of the molecule is CC(=O)NCCCCCCC(=O)OCC1=CCCC=C1. The van der Waals surface area contributed by atoms with Gasteiger partial charge < -0.3 is 10.1 Å². The van der Waals surface area contributed by atoms with Crippen molar-refractivity contribution in [1.82, 2.24) is 5.32 Å². The molecule has 0 aromatic heterocycles. The highest BCUT2D eigenvalue weighted by molar-refractivity contribution is 5.72. The number of rotatable bonds is 9. The smallest absolute Gasteiger partial charge is 0.306 e. The molecule has 20 heavy (non-hydrogen) atoms. The second kappa shape index (κ2) is 10.2. The van der Waals surface area contributed by atoms with Crippen LogP contribution in [0, 0.1) is 0 Å². The van der Waals surface area contributed by atoms with E-state index in [2.05, 4.69) is 17.5 Å². The van der Waals surface area contributed by atoms with Crippen molar-refractivity contribution in [1.29, 1.82) is 0 Å². The molecule has 1 N–H and O–H groups in total. The normalized spacial score (nSPS) is 13.8. The number of hydrogen-bond acceptors (Lipinski definition) is 3. The summed E-state index contributed by atoms with van der Waals surface area (Å²) in [4.78, 5) is 22.2. The second-order valence-corrected chi connectivity index (χ2v) is 5.07. The lowest BCUT2D eigenvalue weighted by molar-refractivity contribution is -0.142. The lowest BCUT2D eigenvalue weighted by Crippen LogP contribution is -2.20. The third-order valence-corrected chi connectivity index (χ3v) is 3.15. The monoisotopic (exact) mass is 279 g/mol. The summed E-state index contributed by atoms with van der Waals surface area (Å²) in [7, 11) is 0. The Morgan fingerprint density at radius 1 is 1.20 bits per heavy atom. The number of hydrogen-bond donors (Lipinski definition) is 1. The van der Waals surface area contributed by atoms with E-state index in [1.54, 1.807) is 0 Å². The number of allylic oxidation sites excluding steroid dienone is 2. The third kappa shape index (κ3) is 8.51. The number of esters is 1. The molecular weight excluding hydrogens is 254 g/mol. The third-order valence-electron chi connectivity index (χ3n) is 3.15. The van der Waals surface area contributed by atoms with Crippen molar-refractivity contribution >= 4 is 11.9 Å². The fraction of sp³-hybridized carbons (Fsp3) is 0.625. The highest BCUT2D eigenvalue weighted by Crippen LogP contribution is 2.10. The summed E-state index contributed by atoms with van der Waals surface area (Å²) in [6, 6.07) is 0. The van der Waals surface area contributed by atoms with Crippen LogP contribution in [0.15, 0.2) is 23.8 Å². The summed E-state index contributed by atoms with van der Waals surface area (Å²) in [5.41, 5.74) is 1.10. The van der Waals surface area contributed by atoms with Crippen molar-refractivity contribution < 1.29 is 14.3 Å². The van der Waals surface area contributed by atoms with Gasteiger partial charge in [-0.1, -0.05) is 31.1 Å². The standard InChI is InChI=1S/C16H25NO3/c1-14(18)17-12-8-3-2-7-11-16(19)20-13-15-9-5-4-6-10-15/h5,9-10H,2-4,6-8,11-13H2,1H3,(H,17,18). The number of unbranched alkanes of at least 4 members (excludes halogenated alkanes) is 3. The lowest BCUT2D eigenvalue weighted by Gasteiger charge is -2.08. The largest absolute Gasteiger partial charge is 0.461 e. The van der Waals surface area contributed by atoms with Crippen LogP contribution in [0.4, 0.5) is 0 Å². The van der Waals surface area contributed by atoms with Gasteiger partial charge in [0.05, 0.1) is 0 Å². The molecule has 1 rings (SSSR count). The van der Waals surface area contributed by atoms with Gasteiger partial charge in [-0.25, -0.2) is 0 Å². The van der Waals surface area contributed by atoms with Gasteiger partial charge in [-0.15, -0.1) is 0 Å². The molecule has 1 aliphatic carbocycles. The van der Waals surface area contributed by atoms with Crippen LogP contribution in [0.5, 0.6) is 0 Å². The summed E-state index contributed by atoms with van der Waals surface area (Å²) in [5, 5.41) is 2.76. The number of carbonyl (C=O) groups excluding carboxylic acids is 2. The predicted molar refractivity (Wildman–Crippen MR) is 79.2 cm³/mol. The minimum atomic E-state index is -0.119. The van der Waals surface area contributed by atoms with Gasteiger partial charge in [-0.3, -0.25) is 9.59 Å². The molecule has 112 valence electrons.